The number of ether oxygens (including phenoxy) is 2. The van der Waals surface area contributed by atoms with E-state index >= 15 is 0 Å². The van der Waals surface area contributed by atoms with Crippen LogP contribution in [0.25, 0.3) is 0 Å². The molecule has 1 aliphatic rings. The Morgan fingerprint density at radius 1 is 1.26 bits per heavy atom. The van der Waals surface area contributed by atoms with E-state index in [1.165, 1.54) is 12.1 Å². The predicted octanol–water partition coefficient (Wildman–Crippen LogP) is 1.85. The van der Waals surface area contributed by atoms with Gasteiger partial charge in [-0.15, -0.1) is 0 Å². The Bertz CT molecular complexity index is 508. The Balaban J connectivity index is 1.93. The zero-order valence-electron chi connectivity index (χ0n) is 11.0. The summed E-state index contributed by atoms with van der Waals surface area (Å²) in [6, 6.07) is 6.56. The monoisotopic (exact) mass is 286 g/mol. The highest BCUT2D eigenvalue weighted by molar-refractivity contribution is 7.86. The van der Waals surface area contributed by atoms with Crippen LogP contribution in [0.5, 0.6) is 0 Å². The number of hydrogen-bond acceptors (Lipinski definition) is 5. The summed E-state index contributed by atoms with van der Waals surface area (Å²) in [5.41, 5.74) is 1.00. The standard InChI is InChI=1S/C13H18O5S/c1-10-3-6-12(7-4-10)19(14,15)17-9-11-5-8-13(16-2)18-11/h3-4,6-7,11,13H,5,8-9H2,1-2H3/t11-,13-/m1/s1. The maximum Gasteiger partial charge on any atom is 0.297 e. The molecular formula is C13H18O5S. The van der Waals surface area contributed by atoms with Crippen molar-refractivity contribution >= 4 is 10.1 Å². The second kappa shape index (κ2) is 6.00. The Morgan fingerprint density at radius 3 is 2.53 bits per heavy atom. The topological polar surface area (TPSA) is 61.8 Å². The lowest BCUT2D eigenvalue weighted by atomic mass is 10.2. The molecule has 0 spiro atoms. The molecule has 1 saturated heterocycles. The summed E-state index contributed by atoms with van der Waals surface area (Å²) < 4.78 is 39.4. The van der Waals surface area contributed by atoms with E-state index in [0.717, 1.165) is 18.4 Å². The Hall–Kier alpha value is -0.950. The van der Waals surface area contributed by atoms with Crippen molar-refractivity contribution in [3.05, 3.63) is 29.8 Å². The fourth-order valence-electron chi connectivity index (χ4n) is 1.91. The molecule has 0 aliphatic carbocycles. The summed E-state index contributed by atoms with van der Waals surface area (Å²) >= 11 is 0. The van der Waals surface area contributed by atoms with Crippen LogP contribution in [0.3, 0.4) is 0 Å². The third-order valence-corrected chi connectivity index (χ3v) is 4.35. The van der Waals surface area contributed by atoms with Crippen LogP contribution in [0.4, 0.5) is 0 Å². The van der Waals surface area contributed by atoms with Crippen molar-refractivity contribution in [3.63, 3.8) is 0 Å². The summed E-state index contributed by atoms with van der Waals surface area (Å²) in [5.74, 6) is 0. The van der Waals surface area contributed by atoms with E-state index in [1.54, 1.807) is 19.2 Å². The third kappa shape index (κ3) is 3.76. The molecule has 6 heteroatoms. The van der Waals surface area contributed by atoms with Crippen LogP contribution in [-0.2, 0) is 23.8 Å². The molecule has 2 atom stereocenters. The summed E-state index contributed by atoms with van der Waals surface area (Å²) in [6.07, 6.45) is 1.01. The zero-order chi connectivity index (χ0) is 13.9. The third-order valence-electron chi connectivity index (χ3n) is 3.05. The van der Waals surface area contributed by atoms with Gasteiger partial charge in [-0.05, 0) is 25.5 Å². The van der Waals surface area contributed by atoms with Crippen molar-refractivity contribution in [2.75, 3.05) is 13.7 Å². The number of rotatable bonds is 5. The molecule has 1 heterocycles. The largest absolute Gasteiger partial charge is 0.356 e. The number of hydrogen-bond donors (Lipinski definition) is 0. The van der Waals surface area contributed by atoms with Crippen molar-refractivity contribution in [3.8, 4) is 0 Å². The Labute approximate surface area is 113 Å². The summed E-state index contributed by atoms with van der Waals surface area (Å²) in [4.78, 5) is 0.166. The van der Waals surface area contributed by atoms with Gasteiger partial charge in [-0.2, -0.15) is 8.42 Å². The van der Waals surface area contributed by atoms with Crippen LogP contribution in [0.15, 0.2) is 29.2 Å². The molecule has 0 radical (unpaired) electrons. The van der Waals surface area contributed by atoms with E-state index in [1.807, 2.05) is 6.92 Å². The molecule has 0 saturated carbocycles. The van der Waals surface area contributed by atoms with Gasteiger partial charge >= 0.3 is 0 Å². The van der Waals surface area contributed by atoms with Gasteiger partial charge in [0, 0.05) is 13.5 Å². The predicted molar refractivity (Wildman–Crippen MR) is 69.2 cm³/mol. The Kier molecular flexibility index (Phi) is 4.57. The van der Waals surface area contributed by atoms with Gasteiger partial charge in [0.25, 0.3) is 10.1 Å². The molecule has 1 aliphatic heterocycles. The molecule has 19 heavy (non-hydrogen) atoms. The molecule has 0 aromatic heterocycles. The zero-order valence-corrected chi connectivity index (χ0v) is 11.9. The summed E-state index contributed by atoms with van der Waals surface area (Å²) in [5, 5.41) is 0. The van der Waals surface area contributed by atoms with E-state index in [4.69, 9.17) is 13.7 Å². The Morgan fingerprint density at radius 2 is 1.95 bits per heavy atom. The molecule has 106 valence electrons. The van der Waals surface area contributed by atoms with Gasteiger partial charge in [0.05, 0.1) is 17.6 Å². The highest BCUT2D eigenvalue weighted by Crippen LogP contribution is 2.22. The molecule has 0 amide bonds. The summed E-state index contributed by atoms with van der Waals surface area (Å²) in [6.45, 7) is 1.92. The molecular weight excluding hydrogens is 268 g/mol. The van der Waals surface area contributed by atoms with Gasteiger partial charge in [0.15, 0.2) is 6.29 Å². The lowest BCUT2D eigenvalue weighted by molar-refractivity contribution is -0.120. The van der Waals surface area contributed by atoms with E-state index in [-0.39, 0.29) is 23.9 Å². The first-order chi connectivity index (χ1) is 9.01. The smallest absolute Gasteiger partial charge is 0.297 e. The lowest BCUT2D eigenvalue weighted by Crippen LogP contribution is -2.20. The van der Waals surface area contributed by atoms with Crippen LogP contribution in [0.2, 0.25) is 0 Å². The fraction of sp³-hybridized carbons (Fsp3) is 0.538. The lowest BCUT2D eigenvalue weighted by Gasteiger charge is -2.12. The van der Waals surface area contributed by atoms with Crippen molar-refractivity contribution < 1.29 is 22.1 Å². The average Bonchev–Trinajstić information content (AvgIpc) is 2.85. The second-order valence-electron chi connectivity index (χ2n) is 4.55. The fourth-order valence-corrected chi connectivity index (χ4v) is 2.84. The van der Waals surface area contributed by atoms with Gasteiger partial charge in [0.2, 0.25) is 0 Å². The molecule has 0 N–H and O–H groups in total. The van der Waals surface area contributed by atoms with E-state index < -0.39 is 10.1 Å². The number of benzene rings is 1. The van der Waals surface area contributed by atoms with Crippen LogP contribution in [0, 0.1) is 6.92 Å². The molecule has 1 aromatic rings. The maximum absolute atomic E-state index is 11.9. The molecule has 1 aromatic carbocycles. The molecule has 0 bridgehead atoms. The van der Waals surface area contributed by atoms with Crippen molar-refractivity contribution in [2.24, 2.45) is 0 Å². The van der Waals surface area contributed by atoms with Crippen LogP contribution < -0.4 is 0 Å². The van der Waals surface area contributed by atoms with Gasteiger partial charge in [-0.1, -0.05) is 17.7 Å². The van der Waals surface area contributed by atoms with Gasteiger partial charge in [-0.3, -0.25) is 4.18 Å². The highest BCUT2D eigenvalue weighted by atomic mass is 32.2. The second-order valence-corrected chi connectivity index (χ2v) is 6.17. The summed E-state index contributed by atoms with van der Waals surface area (Å²) in [7, 11) is -2.14. The minimum atomic E-state index is -3.71. The van der Waals surface area contributed by atoms with Crippen LogP contribution in [0.1, 0.15) is 18.4 Å². The van der Waals surface area contributed by atoms with Crippen LogP contribution >= 0.6 is 0 Å². The van der Waals surface area contributed by atoms with E-state index in [2.05, 4.69) is 0 Å². The van der Waals surface area contributed by atoms with Crippen LogP contribution in [-0.4, -0.2) is 34.5 Å². The van der Waals surface area contributed by atoms with E-state index in [0.29, 0.717) is 0 Å². The van der Waals surface area contributed by atoms with Gasteiger partial charge < -0.3 is 9.47 Å². The SMILES string of the molecule is CO[C@H]1CC[C@H](COS(=O)(=O)c2ccc(C)cc2)O1. The molecule has 5 nitrogen and oxygen atoms in total. The molecule has 0 unspecified atom stereocenters. The first-order valence-electron chi connectivity index (χ1n) is 6.15. The quantitative estimate of drug-likeness (QED) is 0.773. The minimum absolute atomic E-state index is 0.0239. The van der Waals surface area contributed by atoms with Crippen molar-refractivity contribution in [1.29, 1.82) is 0 Å². The highest BCUT2D eigenvalue weighted by Gasteiger charge is 2.27. The van der Waals surface area contributed by atoms with Gasteiger partial charge in [0.1, 0.15) is 0 Å². The first kappa shape index (κ1) is 14.5. The number of aryl methyl sites for hydroxylation is 1. The minimum Gasteiger partial charge on any atom is -0.356 e. The molecule has 1 fully saturated rings. The molecule has 2 rings (SSSR count). The van der Waals surface area contributed by atoms with Gasteiger partial charge in [-0.25, -0.2) is 0 Å². The average molecular weight is 286 g/mol. The maximum atomic E-state index is 11.9. The first-order valence-corrected chi connectivity index (χ1v) is 7.56. The number of methoxy groups -OCH3 is 1. The van der Waals surface area contributed by atoms with Crippen molar-refractivity contribution in [1.82, 2.24) is 0 Å². The van der Waals surface area contributed by atoms with E-state index in [9.17, 15) is 8.42 Å². The normalized spacial score (nSPS) is 23.7. The van der Waals surface area contributed by atoms with Crippen molar-refractivity contribution in [2.45, 2.75) is 37.1 Å².